The number of aryl methyl sites for hydroxylation is 2. The van der Waals surface area contributed by atoms with E-state index in [4.69, 9.17) is 0 Å². The second-order valence-corrected chi connectivity index (χ2v) is 8.82. The maximum absolute atomic E-state index is 12.6. The van der Waals surface area contributed by atoms with Gasteiger partial charge in [-0.15, -0.1) is 0 Å². The first-order valence-corrected chi connectivity index (χ1v) is 11.1. The summed E-state index contributed by atoms with van der Waals surface area (Å²) in [6.07, 6.45) is 0. The fourth-order valence-electron chi connectivity index (χ4n) is 3.91. The number of anilines is 2. The molecule has 7 heteroatoms. The molecule has 7 nitrogen and oxygen atoms in total. The molecule has 3 rings (SSSR count). The van der Waals surface area contributed by atoms with Crippen molar-refractivity contribution >= 4 is 23.2 Å². The van der Waals surface area contributed by atoms with Gasteiger partial charge in [-0.1, -0.05) is 24.3 Å². The Morgan fingerprint density at radius 2 is 1.62 bits per heavy atom. The monoisotopic (exact) mass is 437 g/mol. The molecule has 32 heavy (non-hydrogen) atoms. The van der Waals surface area contributed by atoms with Crippen molar-refractivity contribution in [2.75, 3.05) is 64.1 Å². The molecule has 2 N–H and O–H groups in total. The molecule has 0 aromatic heterocycles. The lowest BCUT2D eigenvalue weighted by atomic mass is 10.0. The molecular weight excluding hydrogens is 402 g/mol. The second kappa shape index (κ2) is 10.6. The highest BCUT2D eigenvalue weighted by Crippen LogP contribution is 2.24. The van der Waals surface area contributed by atoms with Crippen molar-refractivity contribution < 1.29 is 9.59 Å². The third-order valence-corrected chi connectivity index (χ3v) is 6.08. The fourth-order valence-corrected chi connectivity index (χ4v) is 3.91. The standard InChI is InChI=1S/C25H35N5O2/c1-18-6-7-19(2)22(16-18)27-25(32)24(31)26-17-23(30-14-12-29(5)13-15-30)20-8-10-21(11-9-20)28(3)4/h6-11,16,23H,12-15,17H2,1-5H3,(H,26,31)(H,27,32). The van der Waals surface area contributed by atoms with Crippen LogP contribution in [0, 0.1) is 13.8 Å². The maximum Gasteiger partial charge on any atom is 0.313 e. The highest BCUT2D eigenvalue weighted by Gasteiger charge is 2.25. The smallest absolute Gasteiger partial charge is 0.313 e. The number of carbonyl (C=O) groups excluding carboxylic acids is 2. The predicted molar refractivity (Wildman–Crippen MR) is 130 cm³/mol. The van der Waals surface area contributed by atoms with Crippen molar-refractivity contribution in [3.8, 4) is 0 Å². The third kappa shape index (κ3) is 6.08. The van der Waals surface area contributed by atoms with E-state index in [-0.39, 0.29) is 6.04 Å². The number of benzene rings is 2. The van der Waals surface area contributed by atoms with E-state index in [0.29, 0.717) is 12.2 Å². The van der Waals surface area contributed by atoms with Gasteiger partial charge in [0.05, 0.1) is 6.04 Å². The molecule has 1 saturated heterocycles. The average Bonchev–Trinajstić information content (AvgIpc) is 2.77. The van der Waals surface area contributed by atoms with Crippen LogP contribution >= 0.6 is 0 Å². The van der Waals surface area contributed by atoms with Crippen molar-refractivity contribution in [3.05, 3.63) is 59.2 Å². The van der Waals surface area contributed by atoms with Crippen molar-refractivity contribution in [2.24, 2.45) is 0 Å². The third-order valence-electron chi connectivity index (χ3n) is 6.08. The molecule has 1 fully saturated rings. The summed E-state index contributed by atoms with van der Waals surface area (Å²) < 4.78 is 0. The van der Waals surface area contributed by atoms with Crippen LogP contribution in [0.3, 0.4) is 0 Å². The van der Waals surface area contributed by atoms with Gasteiger partial charge in [0.15, 0.2) is 0 Å². The maximum atomic E-state index is 12.6. The molecule has 2 aromatic rings. The van der Waals surface area contributed by atoms with Crippen LogP contribution in [0.2, 0.25) is 0 Å². The van der Waals surface area contributed by atoms with Gasteiger partial charge in [0.2, 0.25) is 0 Å². The van der Waals surface area contributed by atoms with E-state index in [0.717, 1.165) is 48.6 Å². The average molecular weight is 438 g/mol. The highest BCUT2D eigenvalue weighted by atomic mass is 16.2. The van der Waals surface area contributed by atoms with E-state index in [2.05, 4.69) is 56.6 Å². The van der Waals surface area contributed by atoms with Gasteiger partial charge in [-0.25, -0.2) is 0 Å². The number of nitrogens with zero attached hydrogens (tertiary/aromatic N) is 3. The molecule has 0 saturated carbocycles. The van der Waals surface area contributed by atoms with Gasteiger partial charge in [-0.05, 0) is 55.8 Å². The Balaban J connectivity index is 1.69. The van der Waals surface area contributed by atoms with E-state index in [1.165, 1.54) is 0 Å². The van der Waals surface area contributed by atoms with Crippen molar-refractivity contribution in [1.29, 1.82) is 0 Å². The van der Waals surface area contributed by atoms with Crippen LogP contribution in [0.1, 0.15) is 22.7 Å². The summed E-state index contributed by atoms with van der Waals surface area (Å²) in [6, 6.07) is 14.2. The van der Waals surface area contributed by atoms with Crippen LogP contribution in [0.25, 0.3) is 0 Å². The first-order valence-electron chi connectivity index (χ1n) is 11.1. The number of rotatable bonds is 6. The number of hydrogen-bond acceptors (Lipinski definition) is 5. The van der Waals surface area contributed by atoms with Crippen LogP contribution < -0.4 is 15.5 Å². The molecule has 0 radical (unpaired) electrons. The van der Waals surface area contributed by atoms with Crippen LogP contribution in [0.15, 0.2) is 42.5 Å². The largest absolute Gasteiger partial charge is 0.378 e. The Morgan fingerprint density at radius 1 is 0.969 bits per heavy atom. The summed E-state index contributed by atoms with van der Waals surface area (Å²) in [4.78, 5) is 31.9. The van der Waals surface area contributed by atoms with Crippen molar-refractivity contribution in [2.45, 2.75) is 19.9 Å². The van der Waals surface area contributed by atoms with E-state index < -0.39 is 11.8 Å². The summed E-state index contributed by atoms with van der Waals surface area (Å²) >= 11 is 0. The summed E-state index contributed by atoms with van der Waals surface area (Å²) in [7, 11) is 6.15. The zero-order valence-corrected chi connectivity index (χ0v) is 19.8. The molecule has 0 spiro atoms. The first-order chi connectivity index (χ1) is 15.2. The zero-order valence-electron chi connectivity index (χ0n) is 19.8. The van der Waals surface area contributed by atoms with Crippen LogP contribution in [0.4, 0.5) is 11.4 Å². The summed E-state index contributed by atoms with van der Waals surface area (Å²) in [5.41, 5.74) is 4.88. The number of hydrogen-bond donors (Lipinski definition) is 2. The molecule has 172 valence electrons. The van der Waals surface area contributed by atoms with Gasteiger partial charge in [0.1, 0.15) is 0 Å². The van der Waals surface area contributed by atoms with Crippen molar-refractivity contribution in [1.82, 2.24) is 15.1 Å². The molecule has 1 unspecified atom stereocenters. The highest BCUT2D eigenvalue weighted by molar-refractivity contribution is 6.39. The van der Waals surface area contributed by atoms with Gasteiger partial charge in [-0.3, -0.25) is 14.5 Å². The van der Waals surface area contributed by atoms with E-state index in [1.807, 2.05) is 46.1 Å². The Kier molecular flexibility index (Phi) is 7.88. The van der Waals surface area contributed by atoms with E-state index in [1.54, 1.807) is 0 Å². The molecule has 0 aliphatic carbocycles. The van der Waals surface area contributed by atoms with Crippen molar-refractivity contribution in [3.63, 3.8) is 0 Å². The molecule has 1 aliphatic rings. The predicted octanol–water partition coefficient (Wildman–Crippen LogP) is 2.41. The Labute approximate surface area is 191 Å². The Hall–Kier alpha value is -2.90. The van der Waals surface area contributed by atoms with Crippen LogP contribution in [-0.4, -0.2) is 75.5 Å². The minimum atomic E-state index is -0.640. The topological polar surface area (TPSA) is 67.9 Å². The second-order valence-electron chi connectivity index (χ2n) is 8.82. The minimum absolute atomic E-state index is 0.0115. The van der Waals surface area contributed by atoms with Gasteiger partial charge in [-0.2, -0.15) is 0 Å². The number of carbonyl (C=O) groups is 2. The number of piperazine rings is 1. The summed E-state index contributed by atoms with van der Waals surface area (Å²) in [5, 5.41) is 5.61. The van der Waals surface area contributed by atoms with Gasteiger partial charge >= 0.3 is 11.8 Å². The fraction of sp³-hybridized carbons (Fsp3) is 0.440. The SMILES string of the molecule is Cc1ccc(C)c(NC(=O)C(=O)NCC(c2ccc(N(C)C)cc2)N2CCN(C)CC2)c1. The first kappa shape index (κ1) is 23.8. The van der Waals surface area contributed by atoms with E-state index in [9.17, 15) is 9.59 Å². The Bertz CT molecular complexity index is 934. The normalized spacial score (nSPS) is 15.8. The molecule has 1 heterocycles. The molecule has 1 aliphatic heterocycles. The number of likely N-dealkylation sites (N-methyl/N-ethyl adjacent to an activating group) is 1. The lowest BCUT2D eigenvalue weighted by Gasteiger charge is -2.38. The lowest BCUT2D eigenvalue weighted by Crippen LogP contribution is -2.49. The molecule has 2 aromatic carbocycles. The molecule has 2 amide bonds. The van der Waals surface area contributed by atoms with Gasteiger partial charge in [0, 0.05) is 58.2 Å². The summed E-state index contributed by atoms with van der Waals surface area (Å²) in [6.45, 7) is 8.04. The van der Waals surface area contributed by atoms with Crippen LogP contribution in [0.5, 0.6) is 0 Å². The number of amides is 2. The quantitative estimate of drug-likeness (QED) is 0.680. The zero-order chi connectivity index (χ0) is 23.3. The van der Waals surface area contributed by atoms with Gasteiger partial charge < -0.3 is 20.4 Å². The number of nitrogens with one attached hydrogen (secondary N) is 2. The molecule has 1 atom stereocenters. The van der Waals surface area contributed by atoms with E-state index >= 15 is 0 Å². The van der Waals surface area contributed by atoms with Gasteiger partial charge in [0.25, 0.3) is 0 Å². The Morgan fingerprint density at radius 3 is 2.25 bits per heavy atom. The minimum Gasteiger partial charge on any atom is -0.378 e. The lowest BCUT2D eigenvalue weighted by molar-refractivity contribution is -0.136. The molecular formula is C25H35N5O2. The molecule has 0 bridgehead atoms. The van der Waals surface area contributed by atoms with Crippen LogP contribution in [-0.2, 0) is 9.59 Å². The summed E-state index contributed by atoms with van der Waals surface area (Å²) in [5.74, 6) is -1.26.